The SMILES string of the molecule is C=Cc1c(OC)cc(F)c(C(=O)C(CC)NCC)c1F. The van der Waals surface area contributed by atoms with E-state index in [0.29, 0.717) is 13.0 Å². The number of nitrogens with one attached hydrogen (secondary N) is 1. The fourth-order valence-electron chi connectivity index (χ4n) is 2.04. The van der Waals surface area contributed by atoms with Gasteiger partial charge in [-0.2, -0.15) is 0 Å². The van der Waals surface area contributed by atoms with Gasteiger partial charge in [0.05, 0.1) is 24.3 Å². The molecule has 0 bridgehead atoms. The maximum Gasteiger partial charge on any atom is 0.185 e. The summed E-state index contributed by atoms with van der Waals surface area (Å²) in [4.78, 5) is 12.3. The number of hydrogen-bond acceptors (Lipinski definition) is 3. The van der Waals surface area contributed by atoms with Gasteiger partial charge in [-0.05, 0) is 13.0 Å². The van der Waals surface area contributed by atoms with E-state index in [4.69, 9.17) is 4.74 Å². The number of carbonyl (C=O) groups is 1. The number of likely N-dealkylation sites (N-methyl/N-ethyl adjacent to an activating group) is 1. The maximum absolute atomic E-state index is 14.3. The molecular formula is C15H19F2NO2. The Kier molecular flexibility index (Phi) is 5.82. The summed E-state index contributed by atoms with van der Waals surface area (Å²) in [6, 6.07) is 0.390. The average Bonchev–Trinajstić information content (AvgIpc) is 2.43. The molecule has 5 heteroatoms. The lowest BCUT2D eigenvalue weighted by atomic mass is 9.98. The van der Waals surface area contributed by atoms with Crippen molar-refractivity contribution in [2.75, 3.05) is 13.7 Å². The highest BCUT2D eigenvalue weighted by molar-refractivity contribution is 6.01. The molecule has 1 aromatic carbocycles. The Morgan fingerprint density at radius 1 is 1.50 bits per heavy atom. The Morgan fingerprint density at radius 2 is 2.15 bits per heavy atom. The molecule has 0 aliphatic rings. The molecule has 1 unspecified atom stereocenters. The first-order chi connectivity index (χ1) is 9.51. The van der Waals surface area contributed by atoms with E-state index >= 15 is 0 Å². The summed E-state index contributed by atoms with van der Waals surface area (Å²) in [6.45, 7) is 7.60. The average molecular weight is 283 g/mol. The lowest BCUT2D eigenvalue weighted by Crippen LogP contribution is -2.37. The highest BCUT2D eigenvalue weighted by Crippen LogP contribution is 2.29. The predicted octanol–water partition coefficient (Wildman–Crippen LogP) is 3.19. The van der Waals surface area contributed by atoms with Crippen molar-refractivity contribution in [1.82, 2.24) is 5.32 Å². The van der Waals surface area contributed by atoms with E-state index in [2.05, 4.69) is 11.9 Å². The number of carbonyl (C=O) groups excluding carboxylic acids is 1. The van der Waals surface area contributed by atoms with E-state index in [1.54, 1.807) is 6.92 Å². The Hall–Kier alpha value is -1.75. The molecule has 0 aromatic heterocycles. The zero-order valence-electron chi connectivity index (χ0n) is 11.9. The predicted molar refractivity (Wildman–Crippen MR) is 75.1 cm³/mol. The van der Waals surface area contributed by atoms with Crippen LogP contribution < -0.4 is 10.1 Å². The van der Waals surface area contributed by atoms with Gasteiger partial charge < -0.3 is 10.1 Å². The number of Topliss-reactive ketones (excluding diaryl/α,β-unsaturated/α-hetero) is 1. The molecule has 0 fully saturated rings. The Labute approximate surface area is 117 Å². The molecule has 110 valence electrons. The van der Waals surface area contributed by atoms with Gasteiger partial charge in [0.1, 0.15) is 17.4 Å². The second-order valence-electron chi connectivity index (χ2n) is 4.25. The second-order valence-corrected chi connectivity index (χ2v) is 4.25. The van der Waals surface area contributed by atoms with Crippen molar-refractivity contribution in [3.63, 3.8) is 0 Å². The normalized spacial score (nSPS) is 12.1. The van der Waals surface area contributed by atoms with Gasteiger partial charge in [0.25, 0.3) is 0 Å². The monoisotopic (exact) mass is 283 g/mol. The number of methoxy groups -OCH3 is 1. The van der Waals surface area contributed by atoms with Crippen LogP contribution >= 0.6 is 0 Å². The third-order valence-electron chi connectivity index (χ3n) is 3.06. The van der Waals surface area contributed by atoms with Crippen LogP contribution in [0.3, 0.4) is 0 Å². The minimum absolute atomic E-state index is 0.0106. The molecular weight excluding hydrogens is 264 g/mol. The first-order valence-corrected chi connectivity index (χ1v) is 6.47. The van der Waals surface area contributed by atoms with Crippen LogP contribution in [0.15, 0.2) is 12.6 Å². The molecule has 0 aliphatic carbocycles. The van der Waals surface area contributed by atoms with Crippen molar-refractivity contribution in [2.45, 2.75) is 26.3 Å². The molecule has 1 N–H and O–H groups in total. The summed E-state index contributed by atoms with van der Waals surface area (Å²) in [5, 5.41) is 2.91. The van der Waals surface area contributed by atoms with Gasteiger partial charge in [-0.1, -0.05) is 26.5 Å². The van der Waals surface area contributed by atoms with E-state index in [1.165, 1.54) is 13.2 Å². The molecule has 0 saturated heterocycles. The lowest BCUT2D eigenvalue weighted by Gasteiger charge is -2.17. The highest BCUT2D eigenvalue weighted by atomic mass is 19.1. The number of ketones is 1. The molecule has 1 rings (SSSR count). The first kappa shape index (κ1) is 16.3. The summed E-state index contributed by atoms with van der Waals surface area (Å²) in [5.41, 5.74) is -0.558. The zero-order chi connectivity index (χ0) is 15.3. The van der Waals surface area contributed by atoms with Crippen molar-refractivity contribution in [1.29, 1.82) is 0 Å². The van der Waals surface area contributed by atoms with E-state index in [9.17, 15) is 13.6 Å². The molecule has 0 radical (unpaired) electrons. The van der Waals surface area contributed by atoms with Crippen molar-refractivity contribution in [3.8, 4) is 5.75 Å². The van der Waals surface area contributed by atoms with Crippen LogP contribution in [0.4, 0.5) is 8.78 Å². The fraction of sp³-hybridized carbons (Fsp3) is 0.400. The van der Waals surface area contributed by atoms with E-state index < -0.39 is 29.0 Å². The number of hydrogen-bond donors (Lipinski definition) is 1. The Balaban J connectivity index is 3.37. The molecule has 1 aromatic rings. The van der Waals surface area contributed by atoms with Gasteiger partial charge in [-0.15, -0.1) is 0 Å². The third kappa shape index (κ3) is 3.04. The fourth-order valence-corrected chi connectivity index (χ4v) is 2.04. The highest BCUT2D eigenvalue weighted by Gasteiger charge is 2.27. The first-order valence-electron chi connectivity index (χ1n) is 6.47. The minimum atomic E-state index is -0.932. The van der Waals surface area contributed by atoms with Crippen LogP contribution in [0, 0.1) is 11.6 Å². The van der Waals surface area contributed by atoms with Gasteiger partial charge in [0, 0.05) is 6.07 Å². The van der Waals surface area contributed by atoms with Crippen LogP contribution in [0.1, 0.15) is 36.2 Å². The largest absolute Gasteiger partial charge is 0.496 e. The smallest absolute Gasteiger partial charge is 0.185 e. The lowest BCUT2D eigenvalue weighted by molar-refractivity contribution is 0.0933. The quantitative estimate of drug-likeness (QED) is 0.781. The van der Waals surface area contributed by atoms with E-state index in [1.807, 2.05) is 6.92 Å². The van der Waals surface area contributed by atoms with Gasteiger partial charge in [0.15, 0.2) is 5.78 Å². The summed E-state index contributed by atoms with van der Waals surface area (Å²) >= 11 is 0. The molecule has 1 atom stereocenters. The van der Waals surface area contributed by atoms with Gasteiger partial charge in [0.2, 0.25) is 0 Å². The summed E-state index contributed by atoms with van der Waals surface area (Å²) in [7, 11) is 1.30. The molecule has 3 nitrogen and oxygen atoms in total. The molecule has 0 amide bonds. The van der Waals surface area contributed by atoms with Crippen LogP contribution in [-0.4, -0.2) is 25.5 Å². The van der Waals surface area contributed by atoms with Crippen molar-refractivity contribution in [3.05, 3.63) is 35.4 Å². The van der Waals surface area contributed by atoms with Crippen molar-refractivity contribution in [2.24, 2.45) is 0 Å². The molecule has 0 spiro atoms. The molecule has 0 saturated carbocycles. The van der Waals surface area contributed by atoms with Crippen LogP contribution in [0.25, 0.3) is 6.08 Å². The van der Waals surface area contributed by atoms with Crippen LogP contribution in [0.2, 0.25) is 0 Å². The number of benzene rings is 1. The summed E-state index contributed by atoms with van der Waals surface area (Å²) in [6.07, 6.45) is 1.65. The third-order valence-corrected chi connectivity index (χ3v) is 3.06. The zero-order valence-corrected chi connectivity index (χ0v) is 11.9. The van der Waals surface area contributed by atoms with Crippen LogP contribution in [0.5, 0.6) is 5.75 Å². The Bertz CT molecular complexity index is 515. The van der Waals surface area contributed by atoms with E-state index in [0.717, 1.165) is 6.07 Å². The second kappa shape index (κ2) is 7.14. The summed E-state index contributed by atoms with van der Waals surface area (Å²) < 4.78 is 33.2. The van der Waals surface area contributed by atoms with E-state index in [-0.39, 0.29) is 11.3 Å². The van der Waals surface area contributed by atoms with Gasteiger partial charge in [-0.3, -0.25) is 4.79 Å². The minimum Gasteiger partial charge on any atom is -0.496 e. The van der Waals surface area contributed by atoms with Gasteiger partial charge >= 0.3 is 0 Å². The maximum atomic E-state index is 14.3. The van der Waals surface area contributed by atoms with Gasteiger partial charge in [-0.25, -0.2) is 8.78 Å². The summed E-state index contributed by atoms with van der Waals surface area (Å²) in [5.74, 6) is -2.44. The molecule has 20 heavy (non-hydrogen) atoms. The number of ether oxygens (including phenoxy) is 1. The topological polar surface area (TPSA) is 38.3 Å². The number of rotatable bonds is 7. The Morgan fingerprint density at radius 3 is 2.60 bits per heavy atom. The van der Waals surface area contributed by atoms with Crippen molar-refractivity contribution >= 4 is 11.9 Å². The molecule has 0 aliphatic heterocycles. The van der Waals surface area contributed by atoms with Crippen LogP contribution in [-0.2, 0) is 0 Å². The van der Waals surface area contributed by atoms with Crippen molar-refractivity contribution < 1.29 is 18.3 Å². The number of halogens is 2. The molecule has 0 heterocycles. The standard InChI is InChI=1S/C15H19F2NO2/c1-5-9-12(20-4)8-10(16)13(14(9)17)15(19)11(6-2)18-7-3/h5,8,11,18H,1,6-7H2,2-4H3.